The van der Waals surface area contributed by atoms with Crippen LogP contribution in [0, 0.1) is 11.6 Å². The van der Waals surface area contributed by atoms with Crippen molar-refractivity contribution in [2.45, 2.75) is 33.7 Å². The van der Waals surface area contributed by atoms with Crippen LogP contribution in [0.4, 0.5) is 14.5 Å². The average Bonchev–Trinajstić information content (AvgIpc) is 2.55. The molecule has 0 spiro atoms. The first-order chi connectivity index (χ1) is 11.7. The molecule has 0 aliphatic carbocycles. The molecule has 1 aromatic carbocycles. The van der Waals surface area contributed by atoms with Crippen LogP contribution in [-0.4, -0.2) is 28.6 Å². The van der Waals surface area contributed by atoms with E-state index in [1.54, 1.807) is 13.8 Å². The minimum atomic E-state index is -1.45. The molecule has 1 heterocycles. The summed E-state index contributed by atoms with van der Waals surface area (Å²) in [6.07, 6.45) is 0.220. The van der Waals surface area contributed by atoms with E-state index in [0.29, 0.717) is 0 Å². The zero-order valence-electron chi connectivity index (χ0n) is 14.3. The number of nitrogens with zero attached hydrogens (tertiary/aromatic N) is 2. The van der Waals surface area contributed by atoms with Gasteiger partial charge in [0.1, 0.15) is 5.56 Å². The Morgan fingerprint density at radius 2 is 1.88 bits per heavy atom. The van der Waals surface area contributed by atoms with E-state index in [1.165, 1.54) is 11.6 Å². The molecule has 0 saturated carbocycles. The molecule has 0 aliphatic heterocycles. The number of aromatic nitrogens is 1. The number of carbonyl (C=O) groups is 2. The summed E-state index contributed by atoms with van der Waals surface area (Å²) in [5, 5.41) is 9.13. The third-order valence-electron chi connectivity index (χ3n) is 4.21. The Morgan fingerprint density at radius 1 is 1.28 bits per heavy atom. The van der Waals surface area contributed by atoms with Crippen LogP contribution in [0.3, 0.4) is 0 Å². The van der Waals surface area contributed by atoms with Gasteiger partial charge in [-0.2, -0.15) is 0 Å². The lowest BCUT2D eigenvalue weighted by atomic mass is 10.0. The van der Waals surface area contributed by atoms with E-state index in [-0.39, 0.29) is 29.6 Å². The second-order valence-corrected chi connectivity index (χ2v) is 5.55. The fourth-order valence-corrected chi connectivity index (χ4v) is 2.99. The summed E-state index contributed by atoms with van der Waals surface area (Å²) in [4.78, 5) is 36.9. The van der Waals surface area contributed by atoms with Crippen molar-refractivity contribution in [3.8, 4) is 0 Å². The third kappa shape index (κ3) is 2.77. The third-order valence-corrected chi connectivity index (χ3v) is 4.21. The van der Waals surface area contributed by atoms with Crippen molar-refractivity contribution in [1.29, 1.82) is 0 Å². The van der Waals surface area contributed by atoms with Gasteiger partial charge in [0.05, 0.1) is 16.6 Å². The van der Waals surface area contributed by atoms with Crippen molar-refractivity contribution in [2.75, 3.05) is 11.9 Å². The first-order valence-electron chi connectivity index (χ1n) is 7.72. The second-order valence-electron chi connectivity index (χ2n) is 5.55. The molecular weight excluding hydrogens is 334 g/mol. The molecular formula is C17H18F2N2O4. The molecule has 0 bridgehead atoms. The molecule has 1 N–H and O–H groups in total. The van der Waals surface area contributed by atoms with Crippen molar-refractivity contribution in [3.63, 3.8) is 0 Å². The minimum Gasteiger partial charge on any atom is -0.477 e. The summed E-state index contributed by atoms with van der Waals surface area (Å²) >= 11 is 0. The van der Waals surface area contributed by atoms with Gasteiger partial charge in [0.25, 0.3) is 0 Å². The number of carboxylic acid groups (broad SMARTS) is 1. The van der Waals surface area contributed by atoms with Crippen LogP contribution in [0.5, 0.6) is 0 Å². The lowest BCUT2D eigenvalue weighted by Gasteiger charge is -2.22. The molecule has 0 unspecified atom stereocenters. The van der Waals surface area contributed by atoms with Crippen molar-refractivity contribution in [1.82, 2.24) is 4.57 Å². The van der Waals surface area contributed by atoms with Crippen LogP contribution in [0.2, 0.25) is 0 Å². The zero-order valence-corrected chi connectivity index (χ0v) is 14.3. The van der Waals surface area contributed by atoms with Gasteiger partial charge in [-0.25, -0.2) is 13.6 Å². The van der Waals surface area contributed by atoms with Crippen LogP contribution in [-0.2, 0) is 17.8 Å². The van der Waals surface area contributed by atoms with Gasteiger partial charge >= 0.3 is 5.97 Å². The molecule has 1 amide bonds. The monoisotopic (exact) mass is 352 g/mol. The Hall–Kier alpha value is -2.77. The molecule has 6 nitrogen and oxygen atoms in total. The maximum atomic E-state index is 14.4. The van der Waals surface area contributed by atoms with Gasteiger partial charge in [0.2, 0.25) is 11.3 Å². The topological polar surface area (TPSA) is 79.6 Å². The number of halogens is 2. The molecule has 0 fully saturated rings. The largest absolute Gasteiger partial charge is 0.477 e. The first kappa shape index (κ1) is 18.6. The smallest absolute Gasteiger partial charge is 0.341 e. The van der Waals surface area contributed by atoms with Gasteiger partial charge in [-0.1, -0.05) is 6.92 Å². The maximum Gasteiger partial charge on any atom is 0.341 e. The quantitative estimate of drug-likeness (QED) is 0.917. The summed E-state index contributed by atoms with van der Waals surface area (Å²) in [5.41, 5.74) is -1.72. The highest BCUT2D eigenvalue weighted by Crippen LogP contribution is 2.31. The molecule has 0 atom stereocenters. The number of pyridine rings is 1. The van der Waals surface area contributed by atoms with Crippen molar-refractivity contribution < 1.29 is 23.5 Å². The van der Waals surface area contributed by atoms with Gasteiger partial charge in [0.15, 0.2) is 11.6 Å². The molecule has 2 rings (SSSR count). The highest BCUT2D eigenvalue weighted by atomic mass is 19.2. The van der Waals surface area contributed by atoms with Crippen molar-refractivity contribution >= 4 is 28.5 Å². The predicted molar refractivity (Wildman–Crippen MR) is 89.2 cm³/mol. The summed E-state index contributed by atoms with van der Waals surface area (Å²) in [7, 11) is 1.20. The van der Waals surface area contributed by atoms with E-state index in [4.69, 9.17) is 0 Å². The van der Waals surface area contributed by atoms with Gasteiger partial charge in [0, 0.05) is 32.3 Å². The van der Waals surface area contributed by atoms with E-state index in [9.17, 15) is 28.3 Å². The fraction of sp³-hybridized carbons (Fsp3) is 0.353. The Kier molecular flexibility index (Phi) is 4.92. The summed E-state index contributed by atoms with van der Waals surface area (Å²) in [6.45, 7) is 4.74. The lowest BCUT2D eigenvalue weighted by molar-refractivity contribution is -0.116. The molecule has 0 saturated heterocycles. The highest BCUT2D eigenvalue weighted by molar-refractivity contribution is 6.04. The number of carbonyl (C=O) groups excluding carboxylic acids is 1. The normalized spacial score (nSPS) is 11.0. The van der Waals surface area contributed by atoms with Gasteiger partial charge < -0.3 is 14.6 Å². The Balaban J connectivity index is 3.23. The number of hydrogen-bond acceptors (Lipinski definition) is 3. The summed E-state index contributed by atoms with van der Waals surface area (Å²) in [6, 6.07) is 0.859. The van der Waals surface area contributed by atoms with Gasteiger partial charge in [-0.05, 0) is 13.3 Å². The van der Waals surface area contributed by atoms with E-state index in [1.807, 2.05) is 0 Å². The zero-order chi connectivity index (χ0) is 19.0. The number of amides is 1. The van der Waals surface area contributed by atoms with Crippen LogP contribution in [0.1, 0.15) is 36.8 Å². The highest BCUT2D eigenvalue weighted by Gasteiger charge is 2.27. The van der Waals surface area contributed by atoms with E-state index in [2.05, 4.69) is 0 Å². The van der Waals surface area contributed by atoms with Crippen molar-refractivity contribution in [2.24, 2.45) is 0 Å². The van der Waals surface area contributed by atoms with Crippen LogP contribution in [0.25, 0.3) is 10.9 Å². The number of anilines is 1. The molecule has 8 heteroatoms. The predicted octanol–water partition coefficient (Wildman–Crippen LogP) is 2.54. The van der Waals surface area contributed by atoms with Gasteiger partial charge in [-0.15, -0.1) is 0 Å². The van der Waals surface area contributed by atoms with E-state index < -0.39 is 40.2 Å². The van der Waals surface area contributed by atoms with Crippen LogP contribution in [0.15, 0.2) is 10.9 Å². The maximum absolute atomic E-state index is 14.4. The SMILES string of the molecule is CCc1c(C(=O)O)c(=O)c2c(N(C)C(C)=O)c(F)c(F)cc2n1CC. The molecule has 0 radical (unpaired) electrons. The number of aryl methyl sites for hydroxylation is 1. The Morgan fingerprint density at radius 3 is 2.32 bits per heavy atom. The number of carboxylic acids is 1. The van der Waals surface area contributed by atoms with E-state index >= 15 is 0 Å². The molecule has 0 aliphatic rings. The summed E-state index contributed by atoms with van der Waals surface area (Å²) < 4.78 is 30.0. The molecule has 25 heavy (non-hydrogen) atoms. The lowest BCUT2D eigenvalue weighted by Crippen LogP contribution is -2.29. The van der Waals surface area contributed by atoms with E-state index in [0.717, 1.165) is 17.9 Å². The second kappa shape index (κ2) is 6.62. The Labute approximate surface area is 142 Å². The van der Waals surface area contributed by atoms with Gasteiger partial charge in [-0.3, -0.25) is 9.59 Å². The first-order valence-corrected chi connectivity index (χ1v) is 7.72. The number of rotatable bonds is 4. The number of fused-ring (bicyclic) bond motifs is 1. The number of hydrogen-bond donors (Lipinski definition) is 1. The minimum absolute atomic E-state index is 0.0522. The average molecular weight is 352 g/mol. The fourth-order valence-electron chi connectivity index (χ4n) is 2.99. The Bertz CT molecular complexity index is 950. The number of aromatic carboxylic acids is 1. The molecule has 1 aromatic heterocycles. The molecule has 134 valence electrons. The number of benzene rings is 1. The van der Waals surface area contributed by atoms with Crippen molar-refractivity contribution in [3.05, 3.63) is 39.2 Å². The van der Waals surface area contributed by atoms with Crippen LogP contribution >= 0.6 is 0 Å². The van der Waals surface area contributed by atoms with Crippen LogP contribution < -0.4 is 10.3 Å². The summed E-state index contributed by atoms with van der Waals surface area (Å²) in [5.74, 6) is -4.66. The standard InChI is InChI=1S/C17H18F2N2O4/c1-5-10-13(17(24)25)16(23)12-11(21(10)6-2)7-9(18)14(19)15(12)20(4)8(3)22/h7H,5-6H2,1-4H3,(H,24,25). The molecule has 2 aromatic rings.